The first-order valence-electron chi connectivity index (χ1n) is 3.67. The van der Waals surface area contributed by atoms with Gasteiger partial charge in [-0.15, -0.1) is 18.8 Å². The van der Waals surface area contributed by atoms with Gasteiger partial charge in [0.1, 0.15) is 6.10 Å². The summed E-state index contributed by atoms with van der Waals surface area (Å²) in [6.45, 7) is 1.64. The number of ether oxygens (including phenoxy) is 1. The van der Waals surface area contributed by atoms with Crippen molar-refractivity contribution >= 4 is 12.4 Å². The van der Waals surface area contributed by atoms with Crippen LogP contribution < -0.4 is 5.32 Å². The number of hydrogen-bond donors (Lipinski definition) is 1. The van der Waals surface area contributed by atoms with Crippen molar-refractivity contribution in [1.82, 2.24) is 5.32 Å². The topological polar surface area (TPSA) is 21.3 Å². The van der Waals surface area contributed by atoms with E-state index in [9.17, 15) is 0 Å². The number of halogens is 1. The van der Waals surface area contributed by atoms with Crippen molar-refractivity contribution in [2.24, 2.45) is 0 Å². The van der Waals surface area contributed by atoms with E-state index in [0.29, 0.717) is 5.54 Å². The van der Waals surface area contributed by atoms with Crippen molar-refractivity contribution in [3.05, 3.63) is 0 Å². The molecule has 0 aromatic carbocycles. The van der Waals surface area contributed by atoms with Crippen LogP contribution in [0.2, 0.25) is 0 Å². The van der Waals surface area contributed by atoms with Gasteiger partial charge in [0.15, 0.2) is 0 Å². The normalized spacial score (nSPS) is 32.1. The molecule has 0 aromatic heterocycles. The van der Waals surface area contributed by atoms with Crippen LogP contribution in [0.25, 0.3) is 0 Å². The Kier molecular flexibility index (Phi) is 2.43. The first-order chi connectivity index (χ1) is 4.85. The molecule has 2 aliphatic rings. The first-order valence-corrected chi connectivity index (χ1v) is 3.67. The summed E-state index contributed by atoms with van der Waals surface area (Å²) in [6.07, 6.45) is 7.71. The van der Waals surface area contributed by atoms with Gasteiger partial charge in [-0.25, -0.2) is 0 Å². The molecule has 2 fully saturated rings. The fourth-order valence-electron chi connectivity index (χ4n) is 1.26. The molecule has 2 rings (SSSR count). The first kappa shape index (κ1) is 8.86. The lowest BCUT2D eigenvalue weighted by Crippen LogP contribution is -2.47. The second kappa shape index (κ2) is 3.02. The van der Waals surface area contributed by atoms with Crippen LogP contribution in [-0.4, -0.2) is 24.8 Å². The van der Waals surface area contributed by atoms with Crippen LogP contribution in [0.5, 0.6) is 0 Å². The molecule has 1 atom stereocenters. The average Bonchev–Trinajstić information content (AvgIpc) is 2.72. The van der Waals surface area contributed by atoms with E-state index in [1.807, 2.05) is 0 Å². The number of rotatable bonds is 0. The van der Waals surface area contributed by atoms with Crippen LogP contribution in [0.15, 0.2) is 0 Å². The van der Waals surface area contributed by atoms with E-state index in [1.54, 1.807) is 0 Å². The Labute approximate surface area is 73.1 Å². The third-order valence-corrected chi connectivity index (χ3v) is 2.26. The molecule has 0 aromatic rings. The fourth-order valence-corrected chi connectivity index (χ4v) is 1.26. The summed E-state index contributed by atoms with van der Waals surface area (Å²) < 4.78 is 5.41. The summed E-state index contributed by atoms with van der Waals surface area (Å²) >= 11 is 0. The highest BCUT2D eigenvalue weighted by atomic mass is 35.5. The zero-order valence-corrected chi connectivity index (χ0v) is 7.12. The molecular formula is C8H12ClNO. The van der Waals surface area contributed by atoms with Crippen molar-refractivity contribution in [3.63, 3.8) is 0 Å². The molecule has 0 radical (unpaired) electrons. The van der Waals surface area contributed by atoms with Crippen LogP contribution in [0.3, 0.4) is 0 Å². The lowest BCUT2D eigenvalue weighted by atomic mass is 10.2. The van der Waals surface area contributed by atoms with Gasteiger partial charge in [0.2, 0.25) is 0 Å². The van der Waals surface area contributed by atoms with Crippen LogP contribution in [-0.2, 0) is 4.74 Å². The third-order valence-electron chi connectivity index (χ3n) is 2.26. The summed E-state index contributed by atoms with van der Waals surface area (Å²) in [4.78, 5) is 0. The molecular weight excluding hydrogens is 162 g/mol. The Balaban J connectivity index is 0.000000605. The summed E-state index contributed by atoms with van der Waals surface area (Å²) in [5, 5.41) is 3.40. The quantitative estimate of drug-likeness (QED) is 0.541. The number of morpholine rings is 1. The molecule has 1 aliphatic carbocycles. The van der Waals surface area contributed by atoms with Crippen molar-refractivity contribution in [3.8, 4) is 12.3 Å². The summed E-state index contributed by atoms with van der Waals surface area (Å²) in [7, 11) is 0. The molecule has 1 saturated carbocycles. The minimum atomic E-state index is 0. The molecule has 2 nitrogen and oxygen atoms in total. The molecule has 62 valence electrons. The van der Waals surface area contributed by atoms with Gasteiger partial charge in [-0.3, -0.25) is 0 Å². The zero-order chi connectivity index (χ0) is 7.03. The molecule has 1 spiro atoms. The van der Waals surface area contributed by atoms with E-state index >= 15 is 0 Å². The summed E-state index contributed by atoms with van der Waals surface area (Å²) in [5.74, 6) is 2.58. The van der Waals surface area contributed by atoms with E-state index < -0.39 is 0 Å². The Bertz CT molecular complexity index is 173. The van der Waals surface area contributed by atoms with Gasteiger partial charge in [-0.1, -0.05) is 5.92 Å². The fraction of sp³-hybridized carbons (Fsp3) is 0.750. The van der Waals surface area contributed by atoms with Gasteiger partial charge in [-0.2, -0.15) is 0 Å². The van der Waals surface area contributed by atoms with E-state index in [0.717, 1.165) is 13.2 Å². The SMILES string of the molecule is C#CC1CNC2(CC2)CO1.Cl. The number of hydrogen-bond acceptors (Lipinski definition) is 2. The van der Waals surface area contributed by atoms with E-state index in [-0.39, 0.29) is 18.5 Å². The van der Waals surface area contributed by atoms with E-state index in [1.165, 1.54) is 12.8 Å². The lowest BCUT2D eigenvalue weighted by molar-refractivity contribution is 0.0293. The van der Waals surface area contributed by atoms with Gasteiger partial charge in [0.25, 0.3) is 0 Å². The molecule has 0 bridgehead atoms. The van der Waals surface area contributed by atoms with Gasteiger partial charge in [0.05, 0.1) is 6.61 Å². The van der Waals surface area contributed by atoms with Crippen LogP contribution in [0, 0.1) is 12.3 Å². The molecule has 3 heteroatoms. The smallest absolute Gasteiger partial charge is 0.130 e. The molecule has 0 amide bonds. The monoisotopic (exact) mass is 173 g/mol. The summed E-state index contributed by atoms with van der Waals surface area (Å²) in [6, 6.07) is 0. The lowest BCUT2D eigenvalue weighted by Gasteiger charge is -2.27. The van der Waals surface area contributed by atoms with Crippen LogP contribution in [0.1, 0.15) is 12.8 Å². The highest BCUT2D eigenvalue weighted by molar-refractivity contribution is 5.85. The van der Waals surface area contributed by atoms with Crippen molar-refractivity contribution in [1.29, 1.82) is 0 Å². The number of terminal acetylenes is 1. The minimum absolute atomic E-state index is 0. The van der Waals surface area contributed by atoms with Gasteiger partial charge < -0.3 is 10.1 Å². The second-order valence-electron chi connectivity index (χ2n) is 3.13. The van der Waals surface area contributed by atoms with E-state index in [2.05, 4.69) is 11.2 Å². The molecule has 1 N–H and O–H groups in total. The highest BCUT2D eigenvalue weighted by Gasteiger charge is 2.45. The van der Waals surface area contributed by atoms with Crippen molar-refractivity contribution in [2.75, 3.05) is 13.2 Å². The molecule has 1 heterocycles. The minimum Gasteiger partial charge on any atom is -0.362 e. The summed E-state index contributed by atoms with van der Waals surface area (Å²) in [5.41, 5.74) is 0.341. The Morgan fingerprint density at radius 3 is 2.64 bits per heavy atom. The molecule has 11 heavy (non-hydrogen) atoms. The standard InChI is InChI=1S/C8H11NO.ClH/c1-2-7-5-9-8(3-4-8)6-10-7;/h1,7,9H,3-6H2;1H. The predicted molar refractivity (Wildman–Crippen MR) is 45.8 cm³/mol. The maximum absolute atomic E-state index is 5.41. The van der Waals surface area contributed by atoms with Gasteiger partial charge in [0, 0.05) is 12.1 Å². The number of nitrogens with one attached hydrogen (secondary N) is 1. The molecule has 1 saturated heterocycles. The maximum Gasteiger partial charge on any atom is 0.130 e. The Hall–Kier alpha value is -0.230. The van der Waals surface area contributed by atoms with Crippen molar-refractivity contribution in [2.45, 2.75) is 24.5 Å². The Morgan fingerprint density at radius 2 is 2.27 bits per heavy atom. The van der Waals surface area contributed by atoms with Gasteiger partial charge >= 0.3 is 0 Å². The molecule has 1 unspecified atom stereocenters. The predicted octanol–water partition coefficient (Wildman–Crippen LogP) is 0.562. The van der Waals surface area contributed by atoms with E-state index in [4.69, 9.17) is 11.2 Å². The van der Waals surface area contributed by atoms with Crippen LogP contribution in [0.4, 0.5) is 0 Å². The molecule has 1 aliphatic heterocycles. The largest absolute Gasteiger partial charge is 0.362 e. The third kappa shape index (κ3) is 1.67. The van der Waals surface area contributed by atoms with Gasteiger partial charge in [-0.05, 0) is 12.8 Å². The second-order valence-corrected chi connectivity index (χ2v) is 3.13. The average molecular weight is 174 g/mol. The zero-order valence-electron chi connectivity index (χ0n) is 6.30. The van der Waals surface area contributed by atoms with Crippen LogP contribution >= 0.6 is 12.4 Å². The maximum atomic E-state index is 5.41. The highest BCUT2D eigenvalue weighted by Crippen LogP contribution is 2.37. The van der Waals surface area contributed by atoms with Crippen molar-refractivity contribution < 1.29 is 4.74 Å². The Morgan fingerprint density at radius 1 is 1.55 bits per heavy atom.